The van der Waals surface area contributed by atoms with Crippen LogP contribution in [-0.4, -0.2) is 129 Å². The van der Waals surface area contributed by atoms with Gasteiger partial charge in [0.2, 0.25) is 5.91 Å². The maximum absolute atomic E-state index is 12.8. The molecule has 12 nitrogen and oxygen atoms in total. The highest BCUT2D eigenvalue weighted by atomic mass is 16.6. The smallest absolute Gasteiger partial charge is 0.409 e. The van der Waals surface area contributed by atoms with Crippen LogP contribution in [0.1, 0.15) is 25.3 Å². The first-order valence-corrected chi connectivity index (χ1v) is 13.5. The van der Waals surface area contributed by atoms with E-state index < -0.39 is 6.09 Å². The lowest BCUT2D eigenvalue weighted by atomic mass is 10.1. The summed E-state index contributed by atoms with van der Waals surface area (Å²) >= 11 is 0. The number of nitriles is 1. The molecule has 3 amide bonds. The number of benzene rings is 1. The fourth-order valence-electron chi connectivity index (χ4n) is 5.52. The monoisotopic (exact) mass is 542 g/mol. The van der Waals surface area contributed by atoms with Crippen molar-refractivity contribution in [2.75, 3.05) is 72.7 Å². The fraction of sp³-hybridized carbons (Fsp3) is 0.630. The number of amides is 3. The summed E-state index contributed by atoms with van der Waals surface area (Å²) < 4.78 is 16.3. The number of likely N-dealkylation sites (tertiary alicyclic amines) is 1. The molecule has 4 rings (SSSR count). The normalized spacial score (nSPS) is 22.1. The molecule has 3 saturated heterocycles. The molecule has 3 unspecified atom stereocenters. The standard InChI is InChI=1S/C27H38N6O6/c1-20(34)31-11-9-30(10-12-31)13-14-38-27(36)32-17-23-5-6-24(18-32)33(23)16-22(29-26(35)37-2)19-39-25-7-3-21(15-28)4-8-25/h3-4,7-8,22-24H,5-6,9-14,16-19H2,1-2H3,(H,29,35). The molecule has 3 aliphatic rings. The second-order valence-corrected chi connectivity index (χ2v) is 10.2. The third-order valence-electron chi connectivity index (χ3n) is 7.72. The summed E-state index contributed by atoms with van der Waals surface area (Å²) in [6.45, 7) is 7.52. The summed E-state index contributed by atoms with van der Waals surface area (Å²) in [6, 6.07) is 8.94. The highest BCUT2D eigenvalue weighted by molar-refractivity contribution is 5.73. The topological polar surface area (TPSA) is 128 Å². The van der Waals surface area contributed by atoms with Gasteiger partial charge in [0, 0.05) is 71.4 Å². The van der Waals surface area contributed by atoms with Crippen LogP contribution in [0.15, 0.2) is 24.3 Å². The SMILES string of the molecule is COC(=O)NC(COc1ccc(C#N)cc1)CN1C2CCC1CN(C(=O)OCCN1CCN(C(C)=O)CC1)C2. The second kappa shape index (κ2) is 13.5. The summed E-state index contributed by atoms with van der Waals surface area (Å²) in [6.07, 6.45) is 1.12. The maximum Gasteiger partial charge on any atom is 0.409 e. The molecule has 0 aliphatic carbocycles. The average molecular weight is 543 g/mol. The molecule has 0 spiro atoms. The number of piperazine rings is 2. The minimum absolute atomic E-state index is 0.0982. The van der Waals surface area contributed by atoms with Gasteiger partial charge >= 0.3 is 12.2 Å². The Hall–Kier alpha value is -3.56. The van der Waals surface area contributed by atoms with E-state index in [9.17, 15) is 14.4 Å². The minimum atomic E-state index is -0.527. The van der Waals surface area contributed by atoms with Crippen LogP contribution in [0.2, 0.25) is 0 Å². The molecule has 1 aromatic carbocycles. The van der Waals surface area contributed by atoms with Gasteiger partial charge in [0.15, 0.2) is 0 Å². The molecule has 1 N–H and O–H groups in total. The van der Waals surface area contributed by atoms with Crippen molar-refractivity contribution in [2.24, 2.45) is 0 Å². The maximum atomic E-state index is 12.8. The molecule has 3 fully saturated rings. The van der Waals surface area contributed by atoms with Crippen molar-refractivity contribution in [3.63, 3.8) is 0 Å². The molecular formula is C27H38N6O6. The number of nitrogens with one attached hydrogen (secondary N) is 1. The number of carbonyl (C=O) groups excluding carboxylic acids is 3. The molecule has 0 radical (unpaired) electrons. The Kier molecular flexibility index (Phi) is 9.84. The van der Waals surface area contributed by atoms with Crippen molar-refractivity contribution < 1.29 is 28.6 Å². The highest BCUT2D eigenvalue weighted by Crippen LogP contribution is 2.30. The van der Waals surface area contributed by atoms with Gasteiger partial charge in [-0.25, -0.2) is 9.59 Å². The summed E-state index contributed by atoms with van der Waals surface area (Å²) in [5.74, 6) is 0.711. The Labute approximate surface area is 229 Å². The number of alkyl carbamates (subject to hydrolysis) is 1. The minimum Gasteiger partial charge on any atom is -0.491 e. The van der Waals surface area contributed by atoms with Crippen LogP contribution in [0.5, 0.6) is 5.75 Å². The van der Waals surface area contributed by atoms with Crippen molar-refractivity contribution in [1.29, 1.82) is 5.26 Å². The van der Waals surface area contributed by atoms with Gasteiger partial charge < -0.3 is 29.3 Å². The summed E-state index contributed by atoms with van der Waals surface area (Å²) in [7, 11) is 1.33. The number of hydrogen-bond acceptors (Lipinski definition) is 9. The van der Waals surface area contributed by atoms with Gasteiger partial charge in [0.1, 0.15) is 19.0 Å². The lowest BCUT2D eigenvalue weighted by Gasteiger charge is -2.42. The Morgan fingerprint density at radius 2 is 1.72 bits per heavy atom. The molecule has 1 aromatic rings. The molecule has 212 valence electrons. The fourth-order valence-corrected chi connectivity index (χ4v) is 5.52. The highest BCUT2D eigenvalue weighted by Gasteiger charge is 2.42. The number of carbonyl (C=O) groups is 3. The lowest BCUT2D eigenvalue weighted by Crippen LogP contribution is -2.59. The number of rotatable bonds is 9. The van der Waals surface area contributed by atoms with Crippen LogP contribution in [0.3, 0.4) is 0 Å². The molecule has 39 heavy (non-hydrogen) atoms. The zero-order chi connectivity index (χ0) is 27.8. The van der Waals surface area contributed by atoms with E-state index in [2.05, 4.69) is 21.2 Å². The Morgan fingerprint density at radius 3 is 2.31 bits per heavy atom. The van der Waals surface area contributed by atoms with Crippen molar-refractivity contribution in [3.8, 4) is 11.8 Å². The van der Waals surface area contributed by atoms with Gasteiger partial charge in [-0.1, -0.05) is 0 Å². The van der Waals surface area contributed by atoms with E-state index in [0.717, 1.165) is 25.9 Å². The summed E-state index contributed by atoms with van der Waals surface area (Å²) in [5.41, 5.74) is 0.548. The lowest BCUT2D eigenvalue weighted by molar-refractivity contribution is -0.130. The summed E-state index contributed by atoms with van der Waals surface area (Å²) in [4.78, 5) is 44.5. The number of nitrogens with zero attached hydrogens (tertiary/aromatic N) is 5. The van der Waals surface area contributed by atoms with E-state index in [1.54, 1.807) is 36.1 Å². The van der Waals surface area contributed by atoms with Crippen LogP contribution in [0.4, 0.5) is 9.59 Å². The second-order valence-electron chi connectivity index (χ2n) is 10.2. The third-order valence-corrected chi connectivity index (χ3v) is 7.72. The first kappa shape index (κ1) is 28.4. The Balaban J connectivity index is 1.24. The van der Waals surface area contributed by atoms with E-state index in [1.165, 1.54) is 7.11 Å². The van der Waals surface area contributed by atoms with Crippen molar-refractivity contribution in [2.45, 2.75) is 37.9 Å². The van der Waals surface area contributed by atoms with Crippen molar-refractivity contribution in [1.82, 2.24) is 24.9 Å². The molecule has 3 heterocycles. The van der Waals surface area contributed by atoms with Gasteiger partial charge in [-0.15, -0.1) is 0 Å². The van der Waals surface area contributed by atoms with Gasteiger partial charge in [0.05, 0.1) is 24.8 Å². The first-order chi connectivity index (χ1) is 18.9. The number of ether oxygens (including phenoxy) is 3. The van der Waals surface area contributed by atoms with Gasteiger partial charge in [-0.2, -0.15) is 5.26 Å². The van der Waals surface area contributed by atoms with E-state index in [0.29, 0.717) is 57.2 Å². The van der Waals surface area contributed by atoms with Crippen molar-refractivity contribution in [3.05, 3.63) is 29.8 Å². The molecule has 3 aliphatic heterocycles. The Bertz CT molecular complexity index is 1020. The van der Waals surface area contributed by atoms with Crippen LogP contribution < -0.4 is 10.1 Å². The van der Waals surface area contributed by atoms with E-state index in [-0.39, 0.29) is 36.7 Å². The molecule has 2 bridgehead atoms. The number of methoxy groups -OCH3 is 1. The molecule has 0 saturated carbocycles. The molecule has 12 heteroatoms. The van der Waals surface area contributed by atoms with Crippen LogP contribution in [0, 0.1) is 11.3 Å². The van der Waals surface area contributed by atoms with Crippen molar-refractivity contribution >= 4 is 18.1 Å². The first-order valence-electron chi connectivity index (χ1n) is 13.5. The number of fused-ring (bicyclic) bond motifs is 2. The molecule has 0 aromatic heterocycles. The largest absolute Gasteiger partial charge is 0.491 e. The van der Waals surface area contributed by atoms with Gasteiger partial charge in [0.25, 0.3) is 0 Å². The van der Waals surface area contributed by atoms with E-state index in [1.807, 2.05) is 4.90 Å². The van der Waals surface area contributed by atoms with Crippen LogP contribution in [-0.2, 0) is 14.3 Å². The Morgan fingerprint density at radius 1 is 1.05 bits per heavy atom. The average Bonchev–Trinajstić information content (AvgIpc) is 3.17. The number of hydrogen-bond donors (Lipinski definition) is 1. The predicted octanol–water partition coefficient (Wildman–Crippen LogP) is 1.11. The predicted molar refractivity (Wildman–Crippen MR) is 141 cm³/mol. The molecule has 3 atom stereocenters. The van der Waals surface area contributed by atoms with Crippen LogP contribution >= 0.6 is 0 Å². The molecular weight excluding hydrogens is 504 g/mol. The summed E-state index contributed by atoms with van der Waals surface area (Å²) in [5, 5.41) is 11.8. The quantitative estimate of drug-likeness (QED) is 0.488. The zero-order valence-corrected chi connectivity index (χ0v) is 22.7. The van der Waals surface area contributed by atoms with Gasteiger partial charge in [-0.05, 0) is 37.1 Å². The van der Waals surface area contributed by atoms with Crippen LogP contribution in [0.25, 0.3) is 0 Å². The third kappa shape index (κ3) is 7.74. The van der Waals surface area contributed by atoms with E-state index in [4.69, 9.17) is 19.5 Å². The van der Waals surface area contributed by atoms with E-state index >= 15 is 0 Å². The zero-order valence-electron chi connectivity index (χ0n) is 22.7. The van der Waals surface area contributed by atoms with Gasteiger partial charge in [-0.3, -0.25) is 14.6 Å².